The van der Waals surface area contributed by atoms with E-state index < -0.39 is 0 Å². The number of carbonyl (C=O) groups excluding carboxylic acids is 1. The number of pyridine rings is 1. The summed E-state index contributed by atoms with van der Waals surface area (Å²) in [5, 5.41) is 18.0. The monoisotopic (exact) mass is 329 g/mol. The van der Waals surface area contributed by atoms with Crippen LogP contribution in [0.5, 0.6) is 0 Å². The smallest absolute Gasteiger partial charge is 0.259 e. The van der Waals surface area contributed by atoms with E-state index in [0.29, 0.717) is 23.1 Å². The molecule has 0 radical (unpaired) electrons. The number of anilines is 2. The van der Waals surface area contributed by atoms with Crippen molar-refractivity contribution in [1.82, 2.24) is 25.0 Å². The molecule has 0 fully saturated rings. The Balaban J connectivity index is 1.60. The van der Waals surface area contributed by atoms with Crippen LogP contribution in [-0.4, -0.2) is 30.9 Å². The highest BCUT2D eigenvalue weighted by molar-refractivity contribution is 7.13. The molecule has 0 aliphatic heterocycles. The molecule has 0 unspecified atom stereocenters. The number of nitrogens with one attached hydrogen (secondary N) is 2. The van der Waals surface area contributed by atoms with Crippen LogP contribution in [0.2, 0.25) is 0 Å². The molecule has 0 spiro atoms. The molecule has 8 nitrogen and oxygen atoms in total. The lowest BCUT2D eigenvalue weighted by atomic mass is 10.2. The molecule has 0 saturated carbocycles. The zero-order valence-electron chi connectivity index (χ0n) is 12.6. The van der Waals surface area contributed by atoms with Gasteiger partial charge in [0.05, 0.1) is 11.8 Å². The summed E-state index contributed by atoms with van der Waals surface area (Å²) in [4.78, 5) is 16.3. The van der Waals surface area contributed by atoms with E-state index in [0.717, 1.165) is 11.3 Å². The number of rotatable bonds is 5. The number of nitrogens with zero attached hydrogens (tertiary/aromatic N) is 5. The first-order valence-corrected chi connectivity index (χ1v) is 7.76. The molecule has 2 N–H and O–H groups in total. The molecule has 0 bridgehead atoms. The van der Waals surface area contributed by atoms with Crippen LogP contribution in [0, 0.1) is 6.92 Å². The predicted molar refractivity (Wildman–Crippen MR) is 87.4 cm³/mol. The Morgan fingerprint density at radius 2 is 2.22 bits per heavy atom. The van der Waals surface area contributed by atoms with Crippen molar-refractivity contribution in [1.29, 1.82) is 0 Å². The molecule has 0 aromatic carbocycles. The fourth-order valence-electron chi connectivity index (χ4n) is 1.93. The summed E-state index contributed by atoms with van der Waals surface area (Å²) in [6.07, 6.45) is 3.35. The van der Waals surface area contributed by atoms with Gasteiger partial charge in [0.2, 0.25) is 5.13 Å². The van der Waals surface area contributed by atoms with Gasteiger partial charge in [0.15, 0.2) is 0 Å². The zero-order chi connectivity index (χ0) is 16.2. The van der Waals surface area contributed by atoms with E-state index in [2.05, 4.69) is 30.9 Å². The Hall–Kier alpha value is -2.81. The van der Waals surface area contributed by atoms with Crippen LogP contribution < -0.4 is 10.6 Å². The van der Waals surface area contributed by atoms with Crippen molar-refractivity contribution in [2.75, 3.05) is 10.6 Å². The Morgan fingerprint density at radius 3 is 2.83 bits per heavy atom. The molecule has 3 aromatic heterocycles. The van der Waals surface area contributed by atoms with Crippen molar-refractivity contribution in [2.45, 2.75) is 13.5 Å². The predicted octanol–water partition coefficient (Wildman–Crippen LogP) is 1.84. The normalized spacial score (nSPS) is 10.5. The Kier molecular flexibility index (Phi) is 4.29. The number of amides is 1. The molecule has 3 rings (SSSR count). The maximum absolute atomic E-state index is 12.0. The molecule has 0 saturated heterocycles. The maximum Gasteiger partial charge on any atom is 0.259 e. The quantitative estimate of drug-likeness (QED) is 0.741. The van der Waals surface area contributed by atoms with Gasteiger partial charge in [-0.15, -0.1) is 10.2 Å². The fourth-order valence-corrected chi connectivity index (χ4v) is 2.37. The second kappa shape index (κ2) is 6.53. The van der Waals surface area contributed by atoms with E-state index in [4.69, 9.17) is 0 Å². The first-order chi connectivity index (χ1) is 11.1. The Labute approximate surface area is 136 Å². The van der Waals surface area contributed by atoms with Crippen molar-refractivity contribution in [3.05, 3.63) is 46.9 Å². The minimum absolute atomic E-state index is 0.260. The van der Waals surface area contributed by atoms with Crippen LogP contribution in [-0.2, 0) is 13.6 Å². The summed E-state index contributed by atoms with van der Waals surface area (Å²) in [5.41, 5.74) is 4.22. The van der Waals surface area contributed by atoms with Gasteiger partial charge in [0, 0.05) is 31.0 Å². The minimum Gasteiger partial charge on any atom is -0.366 e. The van der Waals surface area contributed by atoms with Crippen LogP contribution in [0.4, 0.5) is 10.9 Å². The van der Waals surface area contributed by atoms with Crippen LogP contribution >= 0.6 is 11.3 Å². The van der Waals surface area contributed by atoms with Gasteiger partial charge in [-0.2, -0.15) is 5.10 Å². The van der Waals surface area contributed by atoms with E-state index in [9.17, 15) is 4.79 Å². The van der Waals surface area contributed by atoms with Crippen LogP contribution in [0.25, 0.3) is 0 Å². The van der Waals surface area contributed by atoms with Crippen LogP contribution in [0.15, 0.2) is 30.0 Å². The molecule has 0 atom stereocenters. The van der Waals surface area contributed by atoms with E-state index >= 15 is 0 Å². The van der Waals surface area contributed by atoms with Crippen molar-refractivity contribution >= 4 is 28.2 Å². The number of hydrogen-bond acceptors (Lipinski definition) is 7. The van der Waals surface area contributed by atoms with Crippen LogP contribution in [0.3, 0.4) is 0 Å². The largest absolute Gasteiger partial charge is 0.366 e. The first kappa shape index (κ1) is 15.1. The second-order valence-corrected chi connectivity index (χ2v) is 5.70. The molecule has 0 aliphatic carbocycles. The summed E-state index contributed by atoms with van der Waals surface area (Å²) < 4.78 is 1.82. The van der Waals surface area contributed by atoms with Gasteiger partial charge in [0.25, 0.3) is 5.91 Å². The Morgan fingerprint density at radius 1 is 1.35 bits per heavy atom. The van der Waals surface area contributed by atoms with Crippen molar-refractivity contribution in [3.8, 4) is 0 Å². The third-order valence-corrected chi connectivity index (χ3v) is 4.01. The molecule has 118 valence electrons. The molecule has 0 aliphatic rings. The molecule has 3 aromatic rings. The summed E-state index contributed by atoms with van der Waals surface area (Å²) in [7, 11) is 1.91. The molecular weight excluding hydrogens is 314 g/mol. The first-order valence-electron chi connectivity index (χ1n) is 6.88. The number of aromatic nitrogens is 5. The molecule has 3 heterocycles. The topological polar surface area (TPSA) is 97.6 Å². The van der Waals surface area contributed by atoms with Gasteiger partial charge >= 0.3 is 0 Å². The SMILES string of the molecule is Cc1c(CNc2ccc(C(=O)Nc3nncs3)cn2)cnn1C. The van der Waals surface area contributed by atoms with Gasteiger partial charge in [-0.3, -0.25) is 14.8 Å². The summed E-state index contributed by atoms with van der Waals surface area (Å²) in [5.74, 6) is 0.435. The standard InChI is InChI=1S/C14H15N7OS/c1-9-11(7-18-21(9)2)6-16-12-4-3-10(5-15-12)13(22)19-14-20-17-8-23-14/h3-5,7-8H,6H2,1-2H3,(H,15,16)(H,19,20,22). The molecule has 1 amide bonds. The number of carbonyl (C=O) groups is 1. The Bertz CT molecular complexity index is 795. The lowest BCUT2D eigenvalue weighted by Crippen LogP contribution is -2.12. The highest BCUT2D eigenvalue weighted by Gasteiger charge is 2.09. The summed E-state index contributed by atoms with van der Waals surface area (Å²) >= 11 is 1.26. The molecular formula is C14H15N7OS. The van der Waals surface area contributed by atoms with Gasteiger partial charge < -0.3 is 5.32 Å². The summed E-state index contributed by atoms with van der Waals surface area (Å²) in [6, 6.07) is 3.47. The maximum atomic E-state index is 12.0. The lowest BCUT2D eigenvalue weighted by molar-refractivity contribution is 0.102. The van der Waals surface area contributed by atoms with Crippen LogP contribution in [0.1, 0.15) is 21.6 Å². The highest BCUT2D eigenvalue weighted by Crippen LogP contribution is 2.13. The van der Waals surface area contributed by atoms with Gasteiger partial charge in [0.1, 0.15) is 11.3 Å². The van der Waals surface area contributed by atoms with E-state index in [1.807, 2.05) is 24.9 Å². The summed E-state index contributed by atoms with van der Waals surface area (Å²) in [6.45, 7) is 2.64. The number of hydrogen-bond donors (Lipinski definition) is 2. The average Bonchev–Trinajstić information content (AvgIpc) is 3.17. The highest BCUT2D eigenvalue weighted by atomic mass is 32.1. The van der Waals surface area contributed by atoms with Gasteiger partial charge in [-0.1, -0.05) is 11.3 Å². The van der Waals surface area contributed by atoms with Crippen molar-refractivity contribution in [2.24, 2.45) is 7.05 Å². The third-order valence-electron chi connectivity index (χ3n) is 3.40. The third kappa shape index (κ3) is 3.51. The van der Waals surface area contributed by atoms with E-state index in [1.54, 1.807) is 17.6 Å². The fraction of sp³-hybridized carbons (Fsp3) is 0.214. The van der Waals surface area contributed by atoms with E-state index in [1.165, 1.54) is 17.5 Å². The minimum atomic E-state index is -0.260. The lowest BCUT2D eigenvalue weighted by Gasteiger charge is -2.06. The van der Waals surface area contributed by atoms with Crippen molar-refractivity contribution in [3.63, 3.8) is 0 Å². The number of aryl methyl sites for hydroxylation is 1. The molecule has 23 heavy (non-hydrogen) atoms. The van der Waals surface area contributed by atoms with Gasteiger partial charge in [-0.25, -0.2) is 4.98 Å². The second-order valence-electron chi connectivity index (χ2n) is 4.86. The van der Waals surface area contributed by atoms with Crippen molar-refractivity contribution < 1.29 is 4.79 Å². The van der Waals surface area contributed by atoms with Gasteiger partial charge in [-0.05, 0) is 19.1 Å². The average molecular weight is 329 g/mol. The van der Waals surface area contributed by atoms with E-state index in [-0.39, 0.29) is 5.91 Å². The molecule has 9 heteroatoms. The zero-order valence-corrected chi connectivity index (χ0v) is 13.5.